The first-order chi connectivity index (χ1) is 12.9. The van der Waals surface area contributed by atoms with Crippen molar-refractivity contribution in [2.24, 2.45) is 0 Å². The number of ketones is 1. The molecule has 0 aliphatic carbocycles. The minimum absolute atomic E-state index is 0.0943. The molecule has 8 heteroatoms. The van der Waals surface area contributed by atoms with Gasteiger partial charge in [0.05, 0.1) is 6.10 Å². The molecule has 2 atom stereocenters. The van der Waals surface area contributed by atoms with Crippen LogP contribution in [-0.4, -0.2) is 53.8 Å². The van der Waals surface area contributed by atoms with Gasteiger partial charge < -0.3 is 25.2 Å². The lowest BCUT2D eigenvalue weighted by Gasteiger charge is -2.31. The Morgan fingerprint density at radius 3 is 2.44 bits per heavy atom. The van der Waals surface area contributed by atoms with Gasteiger partial charge in [0.1, 0.15) is 11.9 Å². The van der Waals surface area contributed by atoms with E-state index < -0.39 is 29.5 Å². The number of hydrogen-bond acceptors (Lipinski definition) is 6. The highest BCUT2D eigenvalue weighted by atomic mass is 16.6. The Labute approximate surface area is 158 Å². The van der Waals surface area contributed by atoms with E-state index in [-0.39, 0.29) is 18.3 Å². The SMILES string of the molecule is CCC(=O)C(NC(=O)C(C)OC1CCNCC1)(Oc1ccccc1)C(=O)O. The second-order valence-corrected chi connectivity index (χ2v) is 6.40. The quantitative estimate of drug-likeness (QED) is 0.435. The first-order valence-electron chi connectivity index (χ1n) is 9.08. The van der Waals surface area contributed by atoms with E-state index in [9.17, 15) is 19.5 Å². The minimum atomic E-state index is -2.50. The topological polar surface area (TPSA) is 114 Å². The van der Waals surface area contributed by atoms with E-state index in [1.807, 2.05) is 0 Å². The third kappa shape index (κ3) is 5.27. The van der Waals surface area contributed by atoms with Gasteiger partial charge in [0.15, 0.2) is 0 Å². The van der Waals surface area contributed by atoms with Crippen molar-refractivity contribution in [3.05, 3.63) is 30.3 Å². The largest absolute Gasteiger partial charge is 0.476 e. The van der Waals surface area contributed by atoms with E-state index in [1.165, 1.54) is 26.0 Å². The summed E-state index contributed by atoms with van der Waals surface area (Å²) in [7, 11) is 0. The Bertz CT molecular complexity index is 659. The minimum Gasteiger partial charge on any atom is -0.476 e. The highest BCUT2D eigenvalue weighted by molar-refractivity contribution is 6.09. The number of para-hydroxylation sites is 1. The van der Waals surface area contributed by atoms with E-state index in [2.05, 4.69) is 10.6 Å². The Hall–Kier alpha value is -2.45. The molecule has 8 nitrogen and oxygen atoms in total. The number of carbonyl (C=O) groups excluding carboxylic acids is 2. The molecule has 3 N–H and O–H groups in total. The first kappa shape index (κ1) is 20.9. The van der Waals surface area contributed by atoms with Crippen LogP contribution >= 0.6 is 0 Å². The summed E-state index contributed by atoms with van der Waals surface area (Å²) in [4.78, 5) is 37.0. The summed E-state index contributed by atoms with van der Waals surface area (Å²) in [6.45, 7) is 4.63. The average Bonchev–Trinajstić information content (AvgIpc) is 2.68. The number of carbonyl (C=O) groups is 3. The molecule has 0 aromatic heterocycles. The second kappa shape index (κ2) is 9.48. The normalized spacial score (nSPS) is 18.1. The van der Waals surface area contributed by atoms with Crippen LogP contribution in [0.5, 0.6) is 5.75 Å². The van der Waals surface area contributed by atoms with Crippen LogP contribution in [-0.2, 0) is 19.1 Å². The van der Waals surface area contributed by atoms with Crippen LogP contribution in [0.2, 0.25) is 0 Å². The van der Waals surface area contributed by atoms with Crippen LogP contribution in [0.15, 0.2) is 30.3 Å². The van der Waals surface area contributed by atoms with Gasteiger partial charge in [0, 0.05) is 6.42 Å². The molecule has 1 aromatic carbocycles. The molecule has 0 radical (unpaired) electrons. The lowest BCUT2D eigenvalue weighted by Crippen LogP contribution is -2.65. The summed E-state index contributed by atoms with van der Waals surface area (Å²) >= 11 is 0. The molecule has 1 aliphatic heterocycles. The van der Waals surface area contributed by atoms with Crippen molar-refractivity contribution >= 4 is 17.7 Å². The van der Waals surface area contributed by atoms with Crippen molar-refractivity contribution in [2.45, 2.75) is 51.0 Å². The van der Waals surface area contributed by atoms with Crippen molar-refractivity contribution in [2.75, 3.05) is 13.1 Å². The molecule has 0 saturated carbocycles. The Morgan fingerprint density at radius 1 is 1.26 bits per heavy atom. The maximum atomic E-state index is 12.6. The summed E-state index contributed by atoms with van der Waals surface area (Å²) in [6, 6.07) is 8.04. The van der Waals surface area contributed by atoms with E-state index >= 15 is 0 Å². The maximum Gasteiger partial charge on any atom is 0.378 e. The zero-order valence-electron chi connectivity index (χ0n) is 15.6. The van der Waals surface area contributed by atoms with Gasteiger partial charge in [-0.15, -0.1) is 0 Å². The number of carboxylic acids is 1. The Morgan fingerprint density at radius 2 is 1.89 bits per heavy atom. The zero-order valence-corrected chi connectivity index (χ0v) is 15.6. The molecule has 1 aliphatic rings. The molecule has 1 saturated heterocycles. The van der Waals surface area contributed by atoms with Crippen molar-refractivity contribution in [1.82, 2.24) is 10.6 Å². The predicted octanol–water partition coefficient (Wildman–Crippen LogP) is 1.10. The van der Waals surface area contributed by atoms with E-state index in [0.717, 1.165) is 25.9 Å². The fourth-order valence-electron chi connectivity index (χ4n) is 2.84. The highest BCUT2D eigenvalue weighted by Crippen LogP contribution is 2.20. The van der Waals surface area contributed by atoms with Gasteiger partial charge in [-0.1, -0.05) is 25.1 Å². The number of hydrogen-bond donors (Lipinski definition) is 3. The van der Waals surface area contributed by atoms with E-state index in [4.69, 9.17) is 9.47 Å². The molecular weight excluding hydrogens is 352 g/mol. The number of aliphatic carboxylic acids is 1. The van der Waals surface area contributed by atoms with Crippen LogP contribution in [0, 0.1) is 0 Å². The Kier molecular flexibility index (Phi) is 7.32. The van der Waals surface area contributed by atoms with E-state index in [1.54, 1.807) is 18.2 Å². The smallest absolute Gasteiger partial charge is 0.378 e. The lowest BCUT2D eigenvalue weighted by molar-refractivity contribution is -0.170. The van der Waals surface area contributed by atoms with Crippen molar-refractivity contribution in [3.63, 3.8) is 0 Å². The molecule has 2 unspecified atom stereocenters. The molecule has 1 fully saturated rings. The summed E-state index contributed by atoms with van der Waals surface area (Å²) in [6.07, 6.45) is 0.383. The van der Waals surface area contributed by atoms with Gasteiger partial charge in [-0.25, -0.2) is 4.79 Å². The fourth-order valence-corrected chi connectivity index (χ4v) is 2.84. The predicted molar refractivity (Wildman–Crippen MR) is 97.3 cm³/mol. The monoisotopic (exact) mass is 378 g/mol. The van der Waals surface area contributed by atoms with Gasteiger partial charge in [-0.05, 0) is 45.0 Å². The number of Topliss-reactive ketones (excluding diaryl/α,β-unsaturated/α-hetero) is 1. The van der Waals surface area contributed by atoms with Gasteiger partial charge >= 0.3 is 11.7 Å². The molecule has 2 rings (SSSR count). The van der Waals surface area contributed by atoms with Gasteiger partial charge in [0.25, 0.3) is 5.91 Å². The van der Waals surface area contributed by atoms with Crippen LogP contribution in [0.25, 0.3) is 0 Å². The molecule has 27 heavy (non-hydrogen) atoms. The molecule has 1 amide bonds. The van der Waals surface area contributed by atoms with Crippen LogP contribution in [0.3, 0.4) is 0 Å². The number of carboxylic acid groups (broad SMARTS) is 1. The van der Waals surface area contributed by atoms with E-state index in [0.29, 0.717) is 0 Å². The summed E-state index contributed by atoms with van der Waals surface area (Å²) in [5.41, 5.74) is -2.50. The summed E-state index contributed by atoms with van der Waals surface area (Å²) in [5, 5.41) is 15.2. The van der Waals surface area contributed by atoms with Crippen molar-refractivity contribution < 1.29 is 29.0 Å². The van der Waals surface area contributed by atoms with Crippen LogP contribution in [0.1, 0.15) is 33.1 Å². The number of benzene rings is 1. The van der Waals surface area contributed by atoms with Crippen LogP contribution in [0.4, 0.5) is 0 Å². The third-order valence-electron chi connectivity index (χ3n) is 4.38. The zero-order chi connectivity index (χ0) is 19.9. The maximum absolute atomic E-state index is 12.6. The highest BCUT2D eigenvalue weighted by Gasteiger charge is 2.50. The molecule has 0 bridgehead atoms. The summed E-state index contributed by atoms with van der Waals surface area (Å²) in [5.74, 6) is -2.90. The molecule has 1 aromatic rings. The summed E-state index contributed by atoms with van der Waals surface area (Å²) < 4.78 is 11.2. The van der Waals surface area contributed by atoms with Crippen molar-refractivity contribution in [3.8, 4) is 5.75 Å². The number of rotatable bonds is 9. The lowest BCUT2D eigenvalue weighted by atomic mass is 10.1. The number of nitrogens with one attached hydrogen (secondary N) is 2. The molecule has 148 valence electrons. The second-order valence-electron chi connectivity index (χ2n) is 6.40. The van der Waals surface area contributed by atoms with Gasteiger partial charge in [0.2, 0.25) is 5.78 Å². The number of amides is 1. The van der Waals surface area contributed by atoms with Crippen molar-refractivity contribution in [1.29, 1.82) is 0 Å². The first-order valence-corrected chi connectivity index (χ1v) is 9.08. The standard InChI is InChI=1S/C19H26N2O6/c1-3-16(22)19(18(24)25,27-15-7-5-4-6-8-15)21-17(23)13(2)26-14-9-11-20-12-10-14/h4-8,13-14,20H,3,9-12H2,1-2H3,(H,21,23)(H,24,25). The molecular formula is C19H26N2O6. The fraction of sp³-hybridized carbons (Fsp3) is 0.526. The average molecular weight is 378 g/mol. The molecule has 1 heterocycles. The van der Waals surface area contributed by atoms with Gasteiger partial charge in [-0.2, -0.15) is 0 Å². The number of piperidine rings is 1. The van der Waals surface area contributed by atoms with Gasteiger partial charge in [-0.3, -0.25) is 9.59 Å². The molecule has 0 spiro atoms. The number of ether oxygens (including phenoxy) is 2. The Balaban J connectivity index is 2.17. The van der Waals surface area contributed by atoms with Crippen LogP contribution < -0.4 is 15.4 Å². The third-order valence-corrected chi connectivity index (χ3v) is 4.38.